The molecule has 0 atom stereocenters. The Morgan fingerprint density at radius 1 is 0.636 bits per heavy atom. The maximum absolute atomic E-state index is 10.2. The Morgan fingerprint density at radius 2 is 1.05 bits per heavy atom. The van der Waals surface area contributed by atoms with Gasteiger partial charge < -0.3 is 0 Å². The number of rotatable bonds is 2. The van der Waals surface area contributed by atoms with E-state index in [1.807, 2.05) is 12.1 Å². The van der Waals surface area contributed by atoms with Gasteiger partial charge in [0, 0.05) is 36.3 Å². The summed E-state index contributed by atoms with van der Waals surface area (Å²) in [4.78, 5) is 15.3. The predicted molar refractivity (Wildman–Crippen MR) is 157 cm³/mol. The zero-order chi connectivity index (χ0) is 34.9. The van der Waals surface area contributed by atoms with Crippen LogP contribution >= 0.6 is 0 Å². The van der Waals surface area contributed by atoms with E-state index in [9.17, 15) is 31.6 Å². The summed E-state index contributed by atoms with van der Waals surface area (Å²) in [7, 11) is 0. The zero-order valence-corrected chi connectivity index (χ0v) is 21.9. The van der Waals surface area contributed by atoms with Crippen LogP contribution in [-0.2, 0) is 0 Å². The monoisotopic (exact) mass is 562 g/mol. The van der Waals surface area contributed by atoms with Crippen molar-refractivity contribution in [1.29, 1.82) is 31.6 Å². The van der Waals surface area contributed by atoms with E-state index < -0.39 is 57.8 Å². The van der Waals surface area contributed by atoms with Gasteiger partial charge in [-0.15, -0.1) is 0 Å². The summed E-state index contributed by atoms with van der Waals surface area (Å²) < 4.78 is 34.2. The van der Waals surface area contributed by atoms with Crippen molar-refractivity contribution in [3.8, 4) is 36.4 Å². The van der Waals surface area contributed by atoms with Gasteiger partial charge >= 0.3 is 0 Å². The van der Waals surface area contributed by atoms with Gasteiger partial charge in [0.05, 0.1) is 84.6 Å². The Labute approximate surface area is 255 Å². The molecule has 196 valence electrons. The third-order valence-electron chi connectivity index (χ3n) is 6.46. The molecule has 0 aliphatic heterocycles. The summed E-state index contributed by atoms with van der Waals surface area (Å²) in [6.45, 7) is 14.9. The van der Waals surface area contributed by atoms with Gasteiger partial charge in [0.15, 0.2) is 0 Å². The number of nitriles is 6. The lowest BCUT2D eigenvalue weighted by Crippen LogP contribution is -2.10. The smallest absolute Gasteiger partial charge is 0.206 e. The number of pyridine rings is 2. The van der Waals surface area contributed by atoms with Gasteiger partial charge in [-0.2, -0.15) is 31.6 Å². The van der Waals surface area contributed by atoms with Crippen molar-refractivity contribution in [3.05, 3.63) is 127 Å². The molecule has 0 radical (unpaired) electrons. The summed E-state index contributed by atoms with van der Waals surface area (Å²) in [5.74, 6) is 0. The maximum Gasteiger partial charge on any atom is 0.206 e. The summed E-state index contributed by atoms with van der Waals surface area (Å²) in [6.07, 6.45) is 2.62. The Kier molecular flexibility index (Phi) is 5.89. The van der Waals surface area contributed by atoms with Gasteiger partial charge in [-0.3, -0.25) is 9.97 Å². The van der Waals surface area contributed by atoms with Crippen LogP contribution in [0.25, 0.3) is 42.6 Å². The second kappa shape index (κ2) is 11.3. The molecule has 44 heavy (non-hydrogen) atoms. The quantitative estimate of drug-likeness (QED) is 0.217. The van der Waals surface area contributed by atoms with Crippen LogP contribution in [0.3, 0.4) is 0 Å². The highest BCUT2D eigenvalue weighted by molar-refractivity contribution is 6.05. The van der Waals surface area contributed by atoms with Crippen molar-refractivity contribution in [2.45, 2.75) is 0 Å². The highest BCUT2D eigenvalue weighted by atomic mass is 14.7. The third-order valence-corrected chi connectivity index (χ3v) is 6.46. The lowest BCUT2D eigenvalue weighted by atomic mass is 9.96. The Bertz CT molecular complexity index is 2550. The molecule has 0 amide bonds. The number of hydrogen-bond donors (Lipinski definition) is 0. The molecule has 0 aliphatic carbocycles. The average Bonchev–Trinajstić information content (AvgIpc) is 3.10. The summed E-state index contributed by atoms with van der Waals surface area (Å²) in [6, 6.07) is 14.7. The van der Waals surface area contributed by atoms with Gasteiger partial charge in [-0.25, -0.2) is 9.69 Å². The van der Waals surface area contributed by atoms with Crippen molar-refractivity contribution in [3.63, 3.8) is 0 Å². The molecule has 2 aromatic heterocycles. The lowest BCUT2D eigenvalue weighted by molar-refractivity contribution is 1.34. The van der Waals surface area contributed by atoms with Crippen LogP contribution in [0, 0.1) is 81.1 Å². The van der Waals surface area contributed by atoms with Gasteiger partial charge in [-0.05, 0) is 59.6 Å². The summed E-state index contributed by atoms with van der Waals surface area (Å²) in [5, 5.41) is 59.7. The molecule has 10 heteroatoms. The van der Waals surface area contributed by atoms with E-state index >= 15 is 0 Å². The van der Waals surface area contributed by atoms with Crippen LogP contribution in [0.1, 0.15) is 38.9 Å². The zero-order valence-electron chi connectivity index (χ0n) is 25.9. The fourth-order valence-corrected chi connectivity index (χ4v) is 4.45. The first kappa shape index (κ1) is 22.9. The van der Waals surface area contributed by atoms with Crippen LogP contribution in [-0.4, -0.2) is 9.97 Å². The standard InChI is InChI=1S/C34H10N10/c1-41-33-9-19(5-21(11-35)29(33)15-39)27(13-37)23-7-25-26-8-24(18-44-32(26)4-3-31(25)43-17-23)28(14-38)20-6-22(12-36)30(16-40)34(10-20)42-2/h3-10,17-18H/b27-23-,28-24-/i5D,6D,9D,10D. The summed E-state index contributed by atoms with van der Waals surface area (Å²) in [5.41, 5.74) is -3.14. The molecule has 5 rings (SSSR count). The molecule has 10 nitrogen and oxygen atoms in total. The van der Waals surface area contributed by atoms with Crippen LogP contribution in [0.4, 0.5) is 11.4 Å². The fraction of sp³-hybridized carbons (Fsp3) is 0. The van der Waals surface area contributed by atoms with Gasteiger partial charge in [-0.1, -0.05) is 0 Å². The molecular weight excluding hydrogens is 548 g/mol. The highest BCUT2D eigenvalue weighted by Crippen LogP contribution is 2.29. The minimum atomic E-state index is -0.576. The molecule has 0 N–H and O–H groups in total. The normalized spacial score (nSPS) is 12.5. The van der Waals surface area contributed by atoms with Crippen molar-refractivity contribution in [1.82, 2.24) is 9.97 Å². The molecule has 5 aromatic rings. The molecule has 0 saturated heterocycles. The first-order valence-electron chi connectivity index (χ1n) is 14.1. The largest absolute Gasteiger partial charge is 0.256 e. The Morgan fingerprint density at radius 3 is 1.36 bits per heavy atom. The van der Waals surface area contributed by atoms with Crippen LogP contribution in [0.15, 0.2) is 60.8 Å². The number of aromatic nitrogens is 2. The highest BCUT2D eigenvalue weighted by Gasteiger charge is 2.16. The van der Waals surface area contributed by atoms with E-state index in [0.717, 1.165) is 0 Å². The summed E-state index contributed by atoms with van der Waals surface area (Å²) >= 11 is 0. The van der Waals surface area contributed by atoms with Crippen molar-refractivity contribution < 1.29 is 5.48 Å². The molecule has 0 saturated carbocycles. The molecule has 0 spiro atoms. The van der Waals surface area contributed by atoms with E-state index in [2.05, 4.69) is 19.7 Å². The van der Waals surface area contributed by atoms with E-state index in [1.165, 1.54) is 24.5 Å². The van der Waals surface area contributed by atoms with E-state index in [-0.39, 0.29) is 32.7 Å². The Hall–Kier alpha value is -7.86. The topological polar surface area (TPSA) is 177 Å². The molecule has 2 heterocycles. The average molecular weight is 563 g/mol. The van der Waals surface area contributed by atoms with Gasteiger partial charge in [0.2, 0.25) is 11.4 Å². The van der Waals surface area contributed by atoms with Crippen molar-refractivity contribution in [2.75, 3.05) is 0 Å². The number of nitrogens with zero attached hydrogens (tertiary/aromatic N) is 10. The second-order valence-electron chi connectivity index (χ2n) is 8.74. The SMILES string of the molecule is [2H]c1c(C#N)c(C#N)c([N+]#[C-])c([2H])c1/C(C#N)=c1\cnc2ccc3nc/c(=C(/C#N)c4c([2H])c(C#N)c(C#N)c([N+]#[C-])c4[2H])cc3c2c1. The minimum absolute atomic E-state index is 0.105. The molecule has 0 bridgehead atoms. The molecule has 0 aliphatic rings. The first-order chi connectivity index (χ1) is 23.1. The fourth-order valence-electron chi connectivity index (χ4n) is 4.45. The number of benzene rings is 3. The van der Waals surface area contributed by atoms with E-state index in [0.29, 0.717) is 21.8 Å². The molecular formula is C34H10N10. The first-order valence-corrected chi connectivity index (χ1v) is 12.1. The van der Waals surface area contributed by atoms with Crippen LogP contribution in [0.2, 0.25) is 0 Å². The predicted octanol–water partition coefficient (Wildman–Crippen LogP) is 4.82. The van der Waals surface area contributed by atoms with Gasteiger partial charge in [0.25, 0.3) is 0 Å². The molecule has 3 aromatic carbocycles. The third kappa shape index (κ3) is 4.51. The van der Waals surface area contributed by atoms with Gasteiger partial charge in [0.1, 0.15) is 12.1 Å². The molecule has 0 unspecified atom stereocenters. The van der Waals surface area contributed by atoms with Crippen LogP contribution < -0.4 is 10.4 Å². The number of hydrogen-bond acceptors (Lipinski definition) is 8. The van der Waals surface area contributed by atoms with Crippen LogP contribution in [0.5, 0.6) is 0 Å². The van der Waals surface area contributed by atoms with Crippen molar-refractivity contribution >= 4 is 44.3 Å². The van der Waals surface area contributed by atoms with E-state index in [4.69, 9.17) is 18.6 Å². The van der Waals surface area contributed by atoms with E-state index in [1.54, 1.807) is 36.4 Å². The molecule has 0 fully saturated rings. The maximum atomic E-state index is 10.2. The number of fused-ring (bicyclic) bond motifs is 3. The van der Waals surface area contributed by atoms with Crippen molar-refractivity contribution in [2.24, 2.45) is 0 Å². The minimum Gasteiger partial charge on any atom is -0.256 e. The Balaban J connectivity index is 1.94. The second-order valence-corrected chi connectivity index (χ2v) is 8.74. The lowest BCUT2D eigenvalue weighted by Gasteiger charge is -2.07.